The van der Waals surface area contributed by atoms with Gasteiger partial charge in [-0.05, 0) is 24.6 Å². The Bertz CT molecular complexity index is 1310. The second kappa shape index (κ2) is 7.41. The molecule has 3 aromatic heterocycles. The van der Waals surface area contributed by atoms with Gasteiger partial charge in [0.05, 0.1) is 15.5 Å². The van der Waals surface area contributed by atoms with Gasteiger partial charge in [-0.15, -0.1) is 10.2 Å². The van der Waals surface area contributed by atoms with Crippen LogP contribution in [0, 0.1) is 0 Å². The maximum absolute atomic E-state index is 12.8. The molecule has 0 saturated carbocycles. The number of thioether (sulfide) groups is 1. The van der Waals surface area contributed by atoms with Gasteiger partial charge in [0.25, 0.3) is 0 Å². The zero-order chi connectivity index (χ0) is 19.8. The highest BCUT2D eigenvalue weighted by molar-refractivity contribution is 8.00. The molecule has 0 saturated heterocycles. The van der Waals surface area contributed by atoms with E-state index < -0.39 is 0 Å². The van der Waals surface area contributed by atoms with E-state index in [9.17, 15) is 4.79 Å². The molecule has 0 aliphatic heterocycles. The largest absolute Gasteiger partial charge is 0.338 e. The molecule has 9 heteroatoms. The summed E-state index contributed by atoms with van der Waals surface area (Å²) in [6.07, 6.45) is 0.634. The molecule has 144 valence electrons. The van der Waals surface area contributed by atoms with E-state index in [1.165, 1.54) is 23.1 Å². The van der Waals surface area contributed by atoms with Crippen LogP contribution >= 0.6 is 23.1 Å². The van der Waals surface area contributed by atoms with Crippen molar-refractivity contribution in [1.82, 2.24) is 25.1 Å². The number of nitrogens with one attached hydrogen (secondary N) is 2. The van der Waals surface area contributed by atoms with Gasteiger partial charge in [-0.2, -0.15) is 0 Å². The van der Waals surface area contributed by atoms with Crippen LogP contribution in [0.1, 0.15) is 13.3 Å². The monoisotopic (exact) mass is 420 g/mol. The summed E-state index contributed by atoms with van der Waals surface area (Å²) < 4.78 is 1.04. The van der Waals surface area contributed by atoms with E-state index in [0.717, 1.165) is 26.6 Å². The van der Waals surface area contributed by atoms with Crippen LogP contribution in [0.2, 0.25) is 0 Å². The van der Waals surface area contributed by atoms with E-state index in [4.69, 9.17) is 0 Å². The number of anilines is 1. The molecule has 2 aromatic carbocycles. The van der Waals surface area contributed by atoms with Gasteiger partial charge in [-0.25, -0.2) is 9.97 Å². The second-order valence-electron chi connectivity index (χ2n) is 6.45. The summed E-state index contributed by atoms with van der Waals surface area (Å²) in [4.78, 5) is 25.1. The summed E-state index contributed by atoms with van der Waals surface area (Å²) in [6, 6.07) is 15.7. The summed E-state index contributed by atoms with van der Waals surface area (Å²) in [5.41, 5.74) is 3.25. The zero-order valence-corrected chi connectivity index (χ0v) is 17.0. The minimum atomic E-state index is -0.342. The first-order valence-electron chi connectivity index (χ1n) is 9.15. The van der Waals surface area contributed by atoms with E-state index in [1.54, 1.807) is 0 Å². The number of hydrogen-bond acceptors (Lipinski definition) is 7. The topological polar surface area (TPSA) is 96.5 Å². The molecule has 0 aliphatic carbocycles. The van der Waals surface area contributed by atoms with Crippen LogP contribution in [0.4, 0.5) is 5.13 Å². The third kappa shape index (κ3) is 3.43. The number of amides is 1. The Morgan fingerprint density at radius 3 is 2.83 bits per heavy atom. The Hall–Kier alpha value is -3.04. The molecule has 0 spiro atoms. The van der Waals surface area contributed by atoms with Crippen molar-refractivity contribution in [3.63, 3.8) is 0 Å². The number of benzene rings is 2. The lowest BCUT2D eigenvalue weighted by Crippen LogP contribution is -2.24. The van der Waals surface area contributed by atoms with Crippen LogP contribution in [0.3, 0.4) is 0 Å². The molecule has 2 N–H and O–H groups in total. The number of fused-ring (bicyclic) bond motifs is 4. The Morgan fingerprint density at radius 1 is 1.14 bits per heavy atom. The first-order chi connectivity index (χ1) is 14.2. The van der Waals surface area contributed by atoms with Gasteiger partial charge in [-0.3, -0.25) is 4.79 Å². The molecule has 0 radical (unpaired) electrons. The van der Waals surface area contributed by atoms with Crippen molar-refractivity contribution in [2.75, 3.05) is 5.32 Å². The smallest absolute Gasteiger partial charge is 0.239 e. The molecule has 5 aromatic rings. The standard InChI is InChI=1S/C20H16N6OS2/c1-2-14(18(27)24-19-22-13-9-5-6-10-15(13)29-19)28-20-23-17-16(25-26-20)11-7-3-4-8-12(11)21-17/h3-10,14H,2H2,1H3,(H,21,23,26)(H,22,24,27)/t14-/m0/s1. The number of thiazole rings is 1. The number of aromatic amines is 1. The van der Waals surface area contributed by atoms with Gasteiger partial charge in [0.15, 0.2) is 10.8 Å². The number of H-pyrrole nitrogens is 1. The van der Waals surface area contributed by atoms with E-state index in [2.05, 4.69) is 30.5 Å². The first kappa shape index (κ1) is 18.0. The van der Waals surface area contributed by atoms with Gasteiger partial charge in [0.2, 0.25) is 11.1 Å². The van der Waals surface area contributed by atoms with Crippen molar-refractivity contribution in [3.05, 3.63) is 48.5 Å². The number of nitrogens with zero attached hydrogens (tertiary/aromatic N) is 4. The fourth-order valence-corrected chi connectivity index (χ4v) is 4.80. The van der Waals surface area contributed by atoms with E-state index in [0.29, 0.717) is 22.4 Å². The molecule has 0 bridgehead atoms. The van der Waals surface area contributed by atoms with Gasteiger partial charge >= 0.3 is 0 Å². The average Bonchev–Trinajstić information content (AvgIpc) is 3.31. The highest BCUT2D eigenvalue weighted by Crippen LogP contribution is 2.29. The Labute approximate surface area is 174 Å². The quantitative estimate of drug-likeness (QED) is 0.403. The third-order valence-corrected chi connectivity index (χ3v) is 6.70. The van der Waals surface area contributed by atoms with E-state index in [-0.39, 0.29) is 11.2 Å². The van der Waals surface area contributed by atoms with Crippen LogP contribution in [0.25, 0.3) is 32.3 Å². The summed E-state index contributed by atoms with van der Waals surface area (Å²) in [6.45, 7) is 1.96. The van der Waals surface area contributed by atoms with Crippen LogP contribution in [-0.2, 0) is 4.79 Å². The van der Waals surface area contributed by atoms with Crippen LogP contribution < -0.4 is 5.32 Å². The molecule has 0 unspecified atom stereocenters. The number of para-hydroxylation sites is 2. The lowest BCUT2D eigenvalue weighted by molar-refractivity contribution is -0.115. The number of carbonyl (C=O) groups is 1. The normalized spacial score (nSPS) is 12.6. The molecule has 0 fully saturated rings. The molecule has 1 atom stereocenters. The molecule has 7 nitrogen and oxygen atoms in total. The average molecular weight is 421 g/mol. The predicted molar refractivity (Wildman–Crippen MR) is 117 cm³/mol. The molecular weight excluding hydrogens is 404 g/mol. The summed E-state index contributed by atoms with van der Waals surface area (Å²) >= 11 is 2.77. The van der Waals surface area contributed by atoms with Crippen molar-refractivity contribution in [3.8, 4) is 0 Å². The maximum atomic E-state index is 12.8. The third-order valence-electron chi connectivity index (χ3n) is 4.54. The van der Waals surface area contributed by atoms with Crippen molar-refractivity contribution in [2.24, 2.45) is 0 Å². The SMILES string of the molecule is CC[C@H](Sc1nnc2c(n1)[nH]c1ccccc12)C(=O)Nc1nc2ccccc2s1. The molecule has 3 heterocycles. The van der Waals surface area contributed by atoms with Crippen molar-refractivity contribution in [2.45, 2.75) is 23.8 Å². The van der Waals surface area contributed by atoms with E-state index >= 15 is 0 Å². The summed E-state index contributed by atoms with van der Waals surface area (Å²) in [5, 5.41) is 13.2. The molecule has 29 heavy (non-hydrogen) atoms. The summed E-state index contributed by atoms with van der Waals surface area (Å²) in [7, 11) is 0. The maximum Gasteiger partial charge on any atom is 0.239 e. The zero-order valence-electron chi connectivity index (χ0n) is 15.4. The fourth-order valence-electron chi connectivity index (χ4n) is 3.12. The molecule has 1 amide bonds. The Kier molecular flexibility index (Phi) is 4.61. The minimum Gasteiger partial charge on any atom is -0.338 e. The van der Waals surface area contributed by atoms with Gasteiger partial charge in [-0.1, -0.05) is 60.4 Å². The molecule has 5 rings (SSSR count). The van der Waals surface area contributed by atoms with Crippen LogP contribution in [0.5, 0.6) is 0 Å². The highest BCUT2D eigenvalue weighted by atomic mass is 32.2. The Morgan fingerprint density at radius 2 is 1.97 bits per heavy atom. The van der Waals surface area contributed by atoms with Crippen molar-refractivity contribution < 1.29 is 4.79 Å². The summed E-state index contributed by atoms with van der Waals surface area (Å²) in [5.74, 6) is -0.114. The lowest BCUT2D eigenvalue weighted by Gasteiger charge is -2.11. The first-order valence-corrected chi connectivity index (χ1v) is 10.8. The van der Waals surface area contributed by atoms with Gasteiger partial charge < -0.3 is 10.3 Å². The molecule has 0 aliphatic rings. The Balaban J connectivity index is 1.37. The lowest BCUT2D eigenvalue weighted by atomic mass is 10.2. The van der Waals surface area contributed by atoms with Crippen LogP contribution in [0.15, 0.2) is 53.7 Å². The number of hydrogen-bond donors (Lipinski definition) is 2. The van der Waals surface area contributed by atoms with Gasteiger partial charge in [0, 0.05) is 10.9 Å². The predicted octanol–water partition coefficient (Wildman–Crippen LogP) is 4.63. The van der Waals surface area contributed by atoms with Crippen molar-refractivity contribution >= 4 is 66.4 Å². The van der Waals surface area contributed by atoms with Crippen LogP contribution in [-0.4, -0.2) is 36.3 Å². The fraction of sp³-hybridized carbons (Fsp3) is 0.150. The van der Waals surface area contributed by atoms with Crippen molar-refractivity contribution in [1.29, 1.82) is 0 Å². The minimum absolute atomic E-state index is 0.114. The number of carbonyl (C=O) groups excluding carboxylic acids is 1. The number of rotatable bonds is 5. The highest BCUT2D eigenvalue weighted by Gasteiger charge is 2.21. The molecular formula is C20H16N6OS2. The van der Waals surface area contributed by atoms with Gasteiger partial charge in [0.1, 0.15) is 5.52 Å². The van der Waals surface area contributed by atoms with E-state index in [1.807, 2.05) is 55.5 Å². The number of aromatic nitrogens is 5. The second-order valence-corrected chi connectivity index (χ2v) is 8.65.